The number of anilines is 1. The molecule has 2 aromatic carbocycles. The van der Waals surface area contributed by atoms with E-state index in [2.05, 4.69) is 27.7 Å². The Labute approximate surface area is 163 Å². The number of amides is 2. The maximum atomic E-state index is 12.2. The molecule has 0 saturated heterocycles. The number of hydrogen-bond donors (Lipinski definition) is 2. The van der Waals surface area contributed by atoms with Crippen molar-refractivity contribution in [2.24, 2.45) is 0 Å². The Hall–Kier alpha value is -3.48. The largest absolute Gasteiger partial charge is 0.352 e. The monoisotopic (exact) mass is 378 g/mol. The van der Waals surface area contributed by atoms with Crippen LogP contribution in [0.25, 0.3) is 11.4 Å². The van der Waals surface area contributed by atoms with Crippen molar-refractivity contribution in [2.45, 2.75) is 26.7 Å². The van der Waals surface area contributed by atoms with Gasteiger partial charge in [0.15, 0.2) is 0 Å². The van der Waals surface area contributed by atoms with Crippen LogP contribution < -0.4 is 10.6 Å². The molecule has 2 amide bonds. The van der Waals surface area contributed by atoms with Crippen molar-refractivity contribution >= 4 is 17.5 Å². The summed E-state index contributed by atoms with van der Waals surface area (Å²) in [4.78, 5) is 28.4. The van der Waals surface area contributed by atoms with Crippen molar-refractivity contribution in [1.82, 2.24) is 15.5 Å². The highest BCUT2D eigenvalue weighted by Gasteiger charge is 2.10. The maximum absolute atomic E-state index is 12.2. The fourth-order valence-electron chi connectivity index (χ4n) is 2.63. The van der Waals surface area contributed by atoms with Gasteiger partial charge in [-0.3, -0.25) is 9.59 Å². The molecule has 3 aromatic rings. The summed E-state index contributed by atoms with van der Waals surface area (Å²) < 4.78 is 4.95. The maximum Gasteiger partial charge on any atom is 0.251 e. The van der Waals surface area contributed by atoms with Crippen LogP contribution >= 0.6 is 0 Å². The van der Waals surface area contributed by atoms with Gasteiger partial charge in [-0.25, -0.2) is 0 Å². The van der Waals surface area contributed by atoms with E-state index < -0.39 is 0 Å². The van der Waals surface area contributed by atoms with Crippen molar-refractivity contribution in [3.63, 3.8) is 0 Å². The molecule has 0 atom stereocenters. The molecule has 0 radical (unpaired) electrons. The average Bonchev–Trinajstić information content (AvgIpc) is 3.15. The molecule has 28 heavy (non-hydrogen) atoms. The summed E-state index contributed by atoms with van der Waals surface area (Å²) in [7, 11) is 0. The highest BCUT2D eigenvalue weighted by atomic mass is 16.5. The van der Waals surface area contributed by atoms with Crippen LogP contribution in [0.1, 0.15) is 35.2 Å². The van der Waals surface area contributed by atoms with E-state index in [4.69, 9.17) is 4.52 Å². The molecule has 0 fully saturated rings. The van der Waals surface area contributed by atoms with Crippen LogP contribution in [0.4, 0.5) is 5.69 Å². The van der Waals surface area contributed by atoms with E-state index in [9.17, 15) is 9.59 Å². The second kappa shape index (κ2) is 8.94. The number of rotatable bonds is 7. The lowest BCUT2D eigenvalue weighted by Crippen LogP contribution is -2.27. The Kier molecular flexibility index (Phi) is 6.16. The van der Waals surface area contributed by atoms with Gasteiger partial charge in [-0.05, 0) is 36.2 Å². The molecule has 1 aromatic heterocycles. The summed E-state index contributed by atoms with van der Waals surface area (Å²) in [5, 5.41) is 9.41. The Bertz CT molecular complexity index is 947. The van der Waals surface area contributed by atoms with Gasteiger partial charge < -0.3 is 15.2 Å². The molecule has 1 heterocycles. The number of nitrogens with one attached hydrogen (secondary N) is 2. The minimum absolute atomic E-state index is 0.146. The van der Waals surface area contributed by atoms with Crippen LogP contribution in [-0.2, 0) is 11.2 Å². The van der Waals surface area contributed by atoms with Gasteiger partial charge in [0.2, 0.25) is 17.6 Å². The summed E-state index contributed by atoms with van der Waals surface area (Å²) in [6.07, 6.45) is 1.15. The van der Waals surface area contributed by atoms with Crippen molar-refractivity contribution in [3.05, 3.63) is 65.5 Å². The molecule has 7 heteroatoms. The number of benzene rings is 2. The number of aromatic nitrogens is 2. The Morgan fingerprint density at radius 2 is 1.75 bits per heavy atom. The van der Waals surface area contributed by atoms with Crippen LogP contribution in [0.15, 0.2) is 53.1 Å². The van der Waals surface area contributed by atoms with E-state index in [1.54, 1.807) is 31.2 Å². The molecule has 0 saturated carbocycles. The number of aryl methyl sites for hydroxylation is 2. The van der Waals surface area contributed by atoms with Crippen molar-refractivity contribution in [3.8, 4) is 11.4 Å². The third-order valence-corrected chi connectivity index (χ3v) is 4.22. The zero-order valence-corrected chi connectivity index (χ0v) is 15.9. The lowest BCUT2D eigenvalue weighted by molar-refractivity contribution is -0.116. The van der Waals surface area contributed by atoms with Gasteiger partial charge >= 0.3 is 0 Å². The van der Waals surface area contributed by atoms with Crippen LogP contribution in [0.5, 0.6) is 0 Å². The van der Waals surface area contributed by atoms with Crippen molar-refractivity contribution in [2.75, 3.05) is 11.9 Å². The van der Waals surface area contributed by atoms with E-state index >= 15 is 0 Å². The third-order valence-electron chi connectivity index (χ3n) is 4.22. The predicted octanol–water partition coefficient (Wildman–Crippen LogP) is 3.37. The fourth-order valence-corrected chi connectivity index (χ4v) is 2.63. The molecule has 0 aliphatic heterocycles. The van der Waals surface area contributed by atoms with Crippen LogP contribution in [-0.4, -0.2) is 28.5 Å². The lowest BCUT2D eigenvalue weighted by atomic mass is 10.1. The SMILES string of the molecule is CCc1ccc(NC(=O)CCNC(=O)c2ccc(-c3noc(C)n3)cc2)cc1. The second-order valence-corrected chi connectivity index (χ2v) is 6.32. The Balaban J connectivity index is 1.46. The van der Waals surface area contributed by atoms with E-state index in [0.717, 1.165) is 17.7 Å². The minimum Gasteiger partial charge on any atom is -0.352 e. The number of carbonyl (C=O) groups excluding carboxylic acids is 2. The molecule has 7 nitrogen and oxygen atoms in total. The summed E-state index contributed by atoms with van der Waals surface area (Å²) in [5.41, 5.74) is 3.23. The minimum atomic E-state index is -0.240. The topological polar surface area (TPSA) is 97.1 Å². The number of carbonyl (C=O) groups is 2. The first-order chi connectivity index (χ1) is 13.5. The smallest absolute Gasteiger partial charge is 0.251 e. The molecule has 0 aliphatic carbocycles. The van der Waals surface area contributed by atoms with E-state index in [1.165, 1.54) is 5.56 Å². The van der Waals surface area contributed by atoms with Gasteiger partial charge in [-0.15, -0.1) is 0 Å². The Morgan fingerprint density at radius 1 is 1.04 bits per heavy atom. The first kappa shape index (κ1) is 19.3. The summed E-state index contributed by atoms with van der Waals surface area (Å²) in [5.74, 6) is 0.577. The molecule has 0 unspecified atom stereocenters. The molecular formula is C21H22N4O3. The second-order valence-electron chi connectivity index (χ2n) is 6.32. The molecule has 0 aliphatic rings. The zero-order chi connectivity index (χ0) is 19.9. The van der Waals surface area contributed by atoms with Gasteiger partial charge in [0.25, 0.3) is 5.91 Å². The molecule has 0 spiro atoms. The average molecular weight is 378 g/mol. The highest BCUT2D eigenvalue weighted by molar-refractivity contribution is 5.95. The van der Waals surface area contributed by atoms with Crippen LogP contribution in [0.2, 0.25) is 0 Å². The predicted molar refractivity (Wildman–Crippen MR) is 106 cm³/mol. The fraction of sp³-hybridized carbons (Fsp3) is 0.238. The zero-order valence-electron chi connectivity index (χ0n) is 15.9. The number of nitrogens with zero attached hydrogens (tertiary/aromatic N) is 2. The van der Waals surface area contributed by atoms with Gasteiger partial charge in [0.1, 0.15) is 0 Å². The summed E-state index contributed by atoms with van der Waals surface area (Å²) in [6, 6.07) is 14.6. The van der Waals surface area contributed by atoms with Crippen molar-refractivity contribution in [1.29, 1.82) is 0 Å². The standard InChI is InChI=1S/C21H22N4O3/c1-3-15-4-10-18(11-5-15)24-19(26)12-13-22-21(27)17-8-6-16(7-9-17)20-23-14(2)28-25-20/h4-11H,3,12-13H2,1-2H3,(H,22,27)(H,24,26). The normalized spacial score (nSPS) is 10.5. The van der Waals surface area contributed by atoms with Gasteiger partial charge in [0, 0.05) is 36.7 Å². The van der Waals surface area contributed by atoms with Crippen molar-refractivity contribution < 1.29 is 14.1 Å². The van der Waals surface area contributed by atoms with E-state index in [0.29, 0.717) is 17.3 Å². The van der Waals surface area contributed by atoms with Gasteiger partial charge in [-0.1, -0.05) is 36.3 Å². The molecular weight excluding hydrogens is 356 g/mol. The quantitative estimate of drug-likeness (QED) is 0.657. The van der Waals surface area contributed by atoms with E-state index in [1.807, 2.05) is 24.3 Å². The number of hydrogen-bond acceptors (Lipinski definition) is 5. The van der Waals surface area contributed by atoms with Crippen LogP contribution in [0, 0.1) is 6.92 Å². The van der Waals surface area contributed by atoms with Crippen LogP contribution in [0.3, 0.4) is 0 Å². The van der Waals surface area contributed by atoms with Gasteiger partial charge in [-0.2, -0.15) is 4.98 Å². The molecule has 2 N–H and O–H groups in total. The highest BCUT2D eigenvalue weighted by Crippen LogP contribution is 2.16. The Morgan fingerprint density at radius 3 is 2.36 bits per heavy atom. The molecule has 144 valence electrons. The van der Waals surface area contributed by atoms with E-state index in [-0.39, 0.29) is 24.8 Å². The first-order valence-electron chi connectivity index (χ1n) is 9.13. The lowest BCUT2D eigenvalue weighted by Gasteiger charge is -2.08. The molecule has 0 bridgehead atoms. The summed E-state index contributed by atoms with van der Waals surface area (Å²) in [6.45, 7) is 4.05. The summed E-state index contributed by atoms with van der Waals surface area (Å²) >= 11 is 0. The first-order valence-corrected chi connectivity index (χ1v) is 9.13. The third kappa shape index (κ3) is 5.03. The van der Waals surface area contributed by atoms with Gasteiger partial charge in [0.05, 0.1) is 0 Å². The molecule has 3 rings (SSSR count).